The fourth-order valence-electron chi connectivity index (χ4n) is 2.32. The van der Waals surface area contributed by atoms with E-state index in [0.29, 0.717) is 0 Å². The van der Waals surface area contributed by atoms with Crippen LogP contribution in [0.4, 0.5) is 0 Å². The maximum absolute atomic E-state index is 10.7. The Morgan fingerprint density at radius 3 is 2.72 bits per heavy atom. The van der Waals surface area contributed by atoms with Crippen molar-refractivity contribution in [3.8, 4) is 5.75 Å². The molecule has 18 heavy (non-hydrogen) atoms. The molecule has 0 amide bonds. The third-order valence-electron chi connectivity index (χ3n) is 3.58. The van der Waals surface area contributed by atoms with Crippen molar-refractivity contribution in [1.82, 2.24) is 4.90 Å². The Morgan fingerprint density at radius 2 is 2.06 bits per heavy atom. The van der Waals surface area contributed by atoms with Gasteiger partial charge >= 0.3 is 0 Å². The highest BCUT2D eigenvalue weighted by atomic mass is 16.5. The summed E-state index contributed by atoms with van der Waals surface area (Å²) in [6.45, 7) is 5.75. The summed E-state index contributed by atoms with van der Waals surface area (Å²) >= 11 is 0. The summed E-state index contributed by atoms with van der Waals surface area (Å²) in [5.74, 6) is 1.25. The molecule has 2 rings (SSSR count). The Balaban J connectivity index is 1.70. The van der Waals surface area contributed by atoms with Crippen molar-refractivity contribution in [3.05, 3.63) is 29.8 Å². The van der Waals surface area contributed by atoms with Gasteiger partial charge in [0.05, 0.1) is 0 Å². The second-order valence-corrected chi connectivity index (χ2v) is 4.93. The van der Waals surface area contributed by atoms with E-state index in [4.69, 9.17) is 4.74 Å². The van der Waals surface area contributed by atoms with Crippen LogP contribution in [0.3, 0.4) is 0 Å². The summed E-state index contributed by atoms with van der Waals surface area (Å²) in [6.07, 6.45) is 3.09. The number of hydrogen-bond donors (Lipinski definition) is 0. The highest BCUT2D eigenvalue weighted by Crippen LogP contribution is 2.17. The molecule has 3 heteroatoms. The average Bonchev–Trinajstić information content (AvgIpc) is 2.42. The molecule has 1 aliphatic rings. The molecule has 0 unspecified atom stereocenters. The molecule has 1 aromatic rings. The Bertz CT molecular complexity index is 384. The molecule has 0 atom stereocenters. The van der Waals surface area contributed by atoms with E-state index in [9.17, 15) is 4.79 Å². The molecule has 3 nitrogen and oxygen atoms in total. The van der Waals surface area contributed by atoms with Gasteiger partial charge in [0.25, 0.3) is 0 Å². The van der Waals surface area contributed by atoms with Crippen LogP contribution in [0, 0.1) is 12.8 Å². The second kappa shape index (κ2) is 6.55. The number of piperidine rings is 1. The lowest BCUT2D eigenvalue weighted by atomic mass is 9.99. The van der Waals surface area contributed by atoms with E-state index in [-0.39, 0.29) is 5.92 Å². The predicted octanol–water partition coefficient (Wildman–Crippen LogP) is 2.28. The van der Waals surface area contributed by atoms with E-state index in [1.807, 2.05) is 18.2 Å². The fraction of sp³-hybridized carbons (Fsp3) is 0.533. The number of para-hydroxylation sites is 1. The van der Waals surface area contributed by atoms with Crippen LogP contribution in [0.5, 0.6) is 5.75 Å². The minimum atomic E-state index is 0.276. The highest BCUT2D eigenvalue weighted by Gasteiger charge is 2.17. The van der Waals surface area contributed by atoms with Crippen LogP contribution in [-0.4, -0.2) is 37.4 Å². The van der Waals surface area contributed by atoms with E-state index in [2.05, 4.69) is 17.9 Å². The monoisotopic (exact) mass is 247 g/mol. The number of likely N-dealkylation sites (tertiary alicyclic amines) is 1. The number of nitrogens with zero attached hydrogens (tertiary/aromatic N) is 1. The topological polar surface area (TPSA) is 29.5 Å². The fourth-order valence-corrected chi connectivity index (χ4v) is 2.32. The number of rotatable bonds is 5. The highest BCUT2D eigenvalue weighted by molar-refractivity contribution is 5.53. The van der Waals surface area contributed by atoms with Crippen LogP contribution in [0.1, 0.15) is 18.4 Å². The van der Waals surface area contributed by atoms with Gasteiger partial charge in [-0.15, -0.1) is 0 Å². The van der Waals surface area contributed by atoms with Crippen molar-refractivity contribution >= 4 is 6.29 Å². The summed E-state index contributed by atoms with van der Waals surface area (Å²) < 4.78 is 5.78. The Hall–Kier alpha value is -1.35. The van der Waals surface area contributed by atoms with Crippen LogP contribution < -0.4 is 4.74 Å². The zero-order valence-corrected chi connectivity index (χ0v) is 11.0. The first-order valence-corrected chi connectivity index (χ1v) is 6.65. The third-order valence-corrected chi connectivity index (χ3v) is 3.58. The molecule has 1 saturated heterocycles. The first-order valence-electron chi connectivity index (χ1n) is 6.65. The molecule has 0 aliphatic carbocycles. The van der Waals surface area contributed by atoms with E-state index in [1.54, 1.807) is 0 Å². The summed E-state index contributed by atoms with van der Waals surface area (Å²) in [5, 5.41) is 0. The molecule has 0 spiro atoms. The van der Waals surface area contributed by atoms with Gasteiger partial charge in [0.1, 0.15) is 18.6 Å². The van der Waals surface area contributed by atoms with E-state index in [0.717, 1.165) is 51.1 Å². The molecule has 1 heterocycles. The molecule has 0 bridgehead atoms. The van der Waals surface area contributed by atoms with Gasteiger partial charge in [0, 0.05) is 12.5 Å². The zero-order valence-electron chi connectivity index (χ0n) is 11.0. The first kappa shape index (κ1) is 13.1. The van der Waals surface area contributed by atoms with Gasteiger partial charge in [-0.1, -0.05) is 18.2 Å². The van der Waals surface area contributed by atoms with Crippen molar-refractivity contribution in [1.29, 1.82) is 0 Å². The molecule has 0 aromatic heterocycles. The van der Waals surface area contributed by atoms with Crippen LogP contribution in [0.25, 0.3) is 0 Å². The number of benzene rings is 1. The number of ether oxygens (including phenoxy) is 1. The molecule has 0 radical (unpaired) electrons. The van der Waals surface area contributed by atoms with Crippen molar-refractivity contribution in [2.45, 2.75) is 19.8 Å². The Morgan fingerprint density at radius 1 is 1.33 bits per heavy atom. The maximum atomic E-state index is 10.7. The van der Waals surface area contributed by atoms with Crippen LogP contribution in [0.15, 0.2) is 24.3 Å². The number of hydrogen-bond acceptors (Lipinski definition) is 3. The zero-order chi connectivity index (χ0) is 12.8. The van der Waals surface area contributed by atoms with Gasteiger partial charge in [-0.2, -0.15) is 0 Å². The van der Waals surface area contributed by atoms with Gasteiger partial charge in [0.15, 0.2) is 0 Å². The Kier molecular flexibility index (Phi) is 4.76. The number of aldehydes is 1. The average molecular weight is 247 g/mol. The lowest BCUT2D eigenvalue weighted by Crippen LogP contribution is -2.36. The summed E-state index contributed by atoms with van der Waals surface area (Å²) in [6, 6.07) is 8.09. The normalized spacial score (nSPS) is 17.6. The van der Waals surface area contributed by atoms with Gasteiger partial charge in [-0.25, -0.2) is 0 Å². The van der Waals surface area contributed by atoms with Crippen LogP contribution in [0.2, 0.25) is 0 Å². The standard InChI is InChI=1S/C15H21NO2/c1-13-4-2-3-5-15(13)18-11-10-16-8-6-14(12-17)7-9-16/h2-5,12,14H,6-11H2,1H3. The lowest BCUT2D eigenvalue weighted by Gasteiger charge is -2.29. The smallest absolute Gasteiger partial charge is 0.123 e. The summed E-state index contributed by atoms with van der Waals surface area (Å²) in [4.78, 5) is 13.0. The maximum Gasteiger partial charge on any atom is 0.123 e. The van der Waals surface area contributed by atoms with Crippen molar-refractivity contribution in [2.75, 3.05) is 26.2 Å². The molecule has 0 saturated carbocycles. The van der Waals surface area contributed by atoms with E-state index >= 15 is 0 Å². The summed E-state index contributed by atoms with van der Waals surface area (Å²) in [7, 11) is 0. The van der Waals surface area contributed by atoms with Gasteiger partial charge < -0.3 is 9.53 Å². The van der Waals surface area contributed by atoms with Crippen molar-refractivity contribution < 1.29 is 9.53 Å². The quantitative estimate of drug-likeness (QED) is 0.748. The molecule has 98 valence electrons. The lowest BCUT2D eigenvalue weighted by molar-refractivity contribution is -0.112. The molecule has 1 aromatic carbocycles. The van der Waals surface area contributed by atoms with E-state index in [1.165, 1.54) is 5.56 Å². The van der Waals surface area contributed by atoms with Crippen LogP contribution in [-0.2, 0) is 4.79 Å². The molecular weight excluding hydrogens is 226 g/mol. The van der Waals surface area contributed by atoms with Crippen molar-refractivity contribution in [2.24, 2.45) is 5.92 Å². The molecule has 0 N–H and O–H groups in total. The Labute approximate surface area is 109 Å². The van der Waals surface area contributed by atoms with Gasteiger partial charge in [-0.05, 0) is 44.5 Å². The van der Waals surface area contributed by atoms with Gasteiger partial charge in [0.2, 0.25) is 0 Å². The number of carbonyl (C=O) groups is 1. The minimum Gasteiger partial charge on any atom is -0.492 e. The second-order valence-electron chi connectivity index (χ2n) is 4.93. The summed E-state index contributed by atoms with van der Waals surface area (Å²) in [5.41, 5.74) is 1.18. The van der Waals surface area contributed by atoms with E-state index < -0.39 is 0 Å². The molecule has 1 fully saturated rings. The first-order chi connectivity index (χ1) is 8.79. The molecule has 1 aliphatic heterocycles. The SMILES string of the molecule is Cc1ccccc1OCCN1CCC(C=O)CC1. The largest absolute Gasteiger partial charge is 0.492 e. The number of aryl methyl sites for hydroxylation is 1. The minimum absolute atomic E-state index is 0.276. The van der Waals surface area contributed by atoms with Crippen molar-refractivity contribution in [3.63, 3.8) is 0 Å². The molecular formula is C15H21NO2. The number of carbonyl (C=O) groups excluding carboxylic acids is 1. The van der Waals surface area contributed by atoms with Crippen LogP contribution >= 0.6 is 0 Å². The predicted molar refractivity (Wildman–Crippen MR) is 71.9 cm³/mol. The van der Waals surface area contributed by atoms with Gasteiger partial charge in [-0.3, -0.25) is 4.90 Å². The third kappa shape index (κ3) is 3.57.